The summed E-state index contributed by atoms with van der Waals surface area (Å²) in [6.45, 7) is 124. The van der Waals surface area contributed by atoms with Gasteiger partial charge in [0.15, 0.2) is 0 Å². The quantitative estimate of drug-likeness (QED) is 0.128. The van der Waals surface area contributed by atoms with Gasteiger partial charge in [0.2, 0.25) is 0 Å². The van der Waals surface area contributed by atoms with Gasteiger partial charge in [0, 0.05) is 5.48 Å². The maximum atomic E-state index is 8.58. The van der Waals surface area contributed by atoms with Crippen LogP contribution in [0.5, 0.6) is 0 Å². The maximum absolute atomic E-state index is 8.58. The Hall–Kier alpha value is -7.02. The van der Waals surface area contributed by atoms with Gasteiger partial charge < -0.3 is 0 Å². The first kappa shape index (κ1) is 117. The molecule has 0 N–H and O–H groups in total. The lowest BCUT2D eigenvalue weighted by Gasteiger charge is -2.32. The molecule has 0 saturated heterocycles. The SMILES string of the molecule is CC(C)(C)c1cc(C(C)(C)C)cc(C(C)(C)C)c1.CC(C)(C)c1ccc(C(C)(C)C)c(C(C)(C)C)c1.CC(C)(C)c1ccc(C(C)(C)C)c(C(C)(C)C)c1.CC(C)(C)c1cccc(-c2ccccc2)c1C(C)(C)C.CC(C)(C)c1ccccc1C(C)(C)C.CCC(CC)c1ccccc1C(C)(C)C.[2H]C(CC)(CC)c1ccccc1C(C)(C)C.[2H]CC([2H])(C)c1cc(C(C)(C)C)cc(C([2H])(C)CC)c1. The minimum atomic E-state index is -0.917. The minimum Gasteiger partial charge on any atom is -0.0648 e. The highest BCUT2D eigenvalue weighted by molar-refractivity contribution is 5.71. The zero-order chi connectivity index (χ0) is 109. The van der Waals surface area contributed by atoms with Crippen molar-refractivity contribution in [3.8, 4) is 11.1 Å². The second-order valence-corrected chi connectivity index (χ2v) is 55.6. The highest BCUT2D eigenvalue weighted by Crippen LogP contribution is 2.45. The van der Waals surface area contributed by atoms with Crippen LogP contribution >= 0.6 is 0 Å². The summed E-state index contributed by atoms with van der Waals surface area (Å²) in [6.07, 6.45) is 4.95. The van der Waals surface area contributed by atoms with Gasteiger partial charge in [-0.2, -0.15) is 0 Å². The number of hydrogen-bond donors (Lipinski definition) is 0. The lowest BCUT2D eigenvalue weighted by Crippen LogP contribution is -2.23. The number of rotatable bonds is 10. The van der Waals surface area contributed by atoms with E-state index in [1.807, 2.05) is 26.0 Å². The first-order valence-electron chi connectivity index (χ1n) is 54.3. The molecule has 0 bridgehead atoms. The van der Waals surface area contributed by atoms with Crippen molar-refractivity contribution in [1.82, 2.24) is 0 Å². The molecule has 0 radical (unpaired) electrons. The minimum absolute atomic E-state index is 0.0211. The van der Waals surface area contributed by atoms with E-state index in [0.29, 0.717) is 0 Å². The summed E-state index contributed by atoms with van der Waals surface area (Å²) >= 11 is 0. The monoisotopic (exact) mass is 1840 g/mol. The zero-order valence-electron chi connectivity index (χ0n) is 103. The van der Waals surface area contributed by atoms with Gasteiger partial charge in [0.1, 0.15) is 0 Å². The van der Waals surface area contributed by atoms with Crippen molar-refractivity contribution in [2.24, 2.45) is 0 Å². The number of benzene rings is 9. The second kappa shape index (κ2) is 48.4. The van der Waals surface area contributed by atoms with Crippen LogP contribution < -0.4 is 0 Å². The van der Waals surface area contributed by atoms with E-state index < -0.39 is 17.7 Å². The van der Waals surface area contributed by atoms with Crippen LogP contribution in [0, 0.1) is 0 Å². The molecule has 0 aliphatic carbocycles. The second-order valence-electron chi connectivity index (χ2n) is 55.6. The van der Waals surface area contributed by atoms with Crippen molar-refractivity contribution in [1.29, 1.82) is 0 Å². The van der Waals surface area contributed by atoms with Gasteiger partial charge in [-0.1, -0.05) is 582 Å². The molecule has 0 amide bonds. The summed E-state index contributed by atoms with van der Waals surface area (Å²) in [6, 6.07) is 70.9. The van der Waals surface area contributed by atoms with E-state index in [-0.39, 0.29) is 93.5 Å². The van der Waals surface area contributed by atoms with Gasteiger partial charge in [0.05, 0.1) is 0 Å². The fourth-order valence-electron chi connectivity index (χ4n) is 17.2. The Morgan fingerprint density at radius 2 is 0.489 bits per heavy atom. The van der Waals surface area contributed by atoms with E-state index in [9.17, 15) is 0 Å². The van der Waals surface area contributed by atoms with Gasteiger partial charge in [-0.25, -0.2) is 0 Å². The van der Waals surface area contributed by atoms with Crippen LogP contribution in [0.15, 0.2) is 194 Å². The molecule has 0 heteroatoms. The molecule has 0 saturated carbocycles. The fraction of sp³-hybridized carbons (Fsp3) is 0.600. The molecule has 2 unspecified atom stereocenters. The van der Waals surface area contributed by atoms with E-state index in [2.05, 4.69) is 542 Å². The topological polar surface area (TPSA) is 0 Å². The van der Waals surface area contributed by atoms with Crippen molar-refractivity contribution in [2.45, 2.75) is 530 Å². The molecule has 0 heterocycles. The molecule has 9 aromatic rings. The van der Waals surface area contributed by atoms with Crippen LogP contribution in [0.2, 0.25) is 0 Å². The van der Waals surface area contributed by atoms with Crippen molar-refractivity contribution in [3.05, 3.63) is 305 Å². The van der Waals surface area contributed by atoms with Gasteiger partial charge in [-0.15, -0.1) is 0 Å². The Kier molecular flexibility index (Phi) is 41.9. The van der Waals surface area contributed by atoms with Crippen LogP contribution in [0.4, 0.5) is 0 Å². The summed E-state index contributed by atoms with van der Waals surface area (Å²) < 4.78 is 33.0. The lowest BCUT2D eigenvalue weighted by atomic mass is 9.72. The fourth-order valence-corrected chi connectivity index (χ4v) is 17.2. The predicted molar refractivity (Wildman–Crippen MR) is 616 cm³/mol. The molecule has 0 spiro atoms. The molecule has 0 aliphatic rings. The highest BCUT2D eigenvalue weighted by Gasteiger charge is 2.34. The third-order valence-corrected chi connectivity index (χ3v) is 26.3. The van der Waals surface area contributed by atoms with E-state index in [1.165, 1.54) is 113 Å². The summed E-state index contributed by atoms with van der Waals surface area (Å²) in [5.74, 6) is -1.27. The lowest BCUT2D eigenvalue weighted by molar-refractivity contribution is 0.523. The van der Waals surface area contributed by atoms with Crippen LogP contribution in [-0.2, 0) is 86.6 Å². The van der Waals surface area contributed by atoms with Gasteiger partial charge >= 0.3 is 0 Å². The Labute approximate surface area is 846 Å². The molecule has 9 rings (SSSR count). The highest BCUT2D eigenvalue weighted by atomic mass is 14.4. The molecule has 0 aromatic heterocycles. The molecule has 0 aliphatic heterocycles. The third kappa shape index (κ3) is 39.5. The van der Waals surface area contributed by atoms with Crippen LogP contribution in [0.1, 0.15) is 560 Å². The molecular weight excluding hydrogens is 1620 g/mol. The van der Waals surface area contributed by atoms with Gasteiger partial charge in [-0.05, 0) is 265 Å². The molecular formula is C135H214. The van der Waals surface area contributed by atoms with Gasteiger partial charge in [-0.3, -0.25) is 0 Å². The van der Waals surface area contributed by atoms with Crippen LogP contribution in [0.3, 0.4) is 0 Å². The summed E-state index contributed by atoms with van der Waals surface area (Å²) in [5.41, 5.74) is 33.2. The Balaban J connectivity index is 0.000000538. The first-order chi connectivity index (χ1) is 62.2. The van der Waals surface area contributed by atoms with Crippen LogP contribution in [-0.4, -0.2) is 0 Å². The van der Waals surface area contributed by atoms with Gasteiger partial charge in [0.25, 0.3) is 0 Å². The Bertz CT molecular complexity index is 4990. The van der Waals surface area contributed by atoms with E-state index in [1.54, 1.807) is 12.5 Å². The largest absolute Gasteiger partial charge is 0.0648 e. The molecule has 0 fully saturated rings. The smallest absolute Gasteiger partial charge is 0.0352 e. The average molecular weight is 1840 g/mol. The van der Waals surface area contributed by atoms with Crippen molar-refractivity contribution >= 4 is 0 Å². The molecule has 2 atom stereocenters. The van der Waals surface area contributed by atoms with Crippen molar-refractivity contribution < 1.29 is 5.48 Å². The van der Waals surface area contributed by atoms with E-state index in [0.717, 1.165) is 41.9 Å². The third-order valence-electron chi connectivity index (χ3n) is 26.3. The molecule has 135 heavy (non-hydrogen) atoms. The van der Waals surface area contributed by atoms with E-state index in [4.69, 9.17) is 5.48 Å². The van der Waals surface area contributed by atoms with Crippen molar-refractivity contribution in [2.75, 3.05) is 0 Å². The molecule has 754 valence electrons. The zero-order valence-corrected chi connectivity index (χ0v) is 98.8. The summed E-state index contributed by atoms with van der Waals surface area (Å²) in [7, 11) is 0. The standard InChI is InChI=1S/C20H26.3C18H30.C17H28.2C15H24.C14H22/c1-19(2,3)17-14-10-13-16(18(17)20(4,5)6)15-11-8-7-9-12-15;1-16(2,3)13-10-14(17(4,5)6)12-15(11-13)18(7,8)9;2*1-16(2,3)13-10-11-14(17(4,5)6)15(12-13)18(7,8)9;1-8-13(4)15-9-14(12(2)3)10-16(11-15)17(5,6)7;2*1-6-12(7-2)13-10-8-9-11-14(13)15(3,4)5;1-13(2,3)11-9-7-8-10-12(11)14(4,5)6/h7-14H,1-6H3;3*10-12H,1-9H3;9-13H,8H2,1-7H3;2*8-12H,6-7H2,1-5H3;7-10H,1-6H3/i;;;;2D,12D,13D;12D;;. The Morgan fingerprint density at radius 3 is 0.778 bits per heavy atom. The summed E-state index contributed by atoms with van der Waals surface area (Å²) in [4.78, 5) is 0. The maximum Gasteiger partial charge on any atom is 0.0352 e. The Morgan fingerprint density at radius 1 is 0.215 bits per heavy atom. The summed E-state index contributed by atoms with van der Waals surface area (Å²) in [5, 5.41) is 0. The van der Waals surface area contributed by atoms with E-state index >= 15 is 0 Å². The number of hydrogen-bond acceptors (Lipinski definition) is 0. The first-order valence-corrected chi connectivity index (χ1v) is 52.1. The molecule has 0 nitrogen and oxygen atoms in total. The predicted octanol–water partition coefficient (Wildman–Crippen LogP) is 42.4. The normalized spacial score (nSPS) is 14.4. The van der Waals surface area contributed by atoms with Crippen molar-refractivity contribution in [3.63, 3.8) is 0 Å². The average Bonchev–Trinajstić information content (AvgIpc) is 0.767. The van der Waals surface area contributed by atoms with Crippen LogP contribution in [0.25, 0.3) is 11.1 Å². The molecule has 9 aromatic carbocycles.